The lowest BCUT2D eigenvalue weighted by Crippen LogP contribution is -1.99. The highest BCUT2D eigenvalue weighted by Crippen LogP contribution is 2.30. The van der Waals surface area contributed by atoms with Gasteiger partial charge in [-0.15, -0.1) is 0 Å². The predicted octanol–water partition coefficient (Wildman–Crippen LogP) is 3.55. The van der Waals surface area contributed by atoms with Crippen molar-refractivity contribution in [1.29, 1.82) is 0 Å². The van der Waals surface area contributed by atoms with Crippen LogP contribution in [0.1, 0.15) is 21.6 Å². The van der Waals surface area contributed by atoms with E-state index < -0.39 is 5.97 Å². The van der Waals surface area contributed by atoms with Gasteiger partial charge in [0.1, 0.15) is 5.69 Å². The zero-order valence-corrected chi connectivity index (χ0v) is 11.0. The van der Waals surface area contributed by atoms with Gasteiger partial charge in [0.05, 0.1) is 0 Å². The van der Waals surface area contributed by atoms with Gasteiger partial charge in [-0.2, -0.15) is 0 Å². The summed E-state index contributed by atoms with van der Waals surface area (Å²) in [5.74, 6) is -1.00. The van der Waals surface area contributed by atoms with Crippen molar-refractivity contribution in [1.82, 2.24) is 4.98 Å². The summed E-state index contributed by atoms with van der Waals surface area (Å²) in [6, 6.07) is 9.62. The van der Waals surface area contributed by atoms with Gasteiger partial charge in [0.15, 0.2) is 0 Å². The summed E-state index contributed by atoms with van der Waals surface area (Å²) in [6.07, 6.45) is 1.52. The number of hydrogen-bond acceptors (Lipinski definition) is 3. The van der Waals surface area contributed by atoms with Crippen LogP contribution in [0.15, 0.2) is 46.3 Å². The molecule has 0 spiro atoms. The zero-order valence-electron chi connectivity index (χ0n) is 10.2. The number of aromatic nitrogens is 1. The molecule has 92 valence electrons. The van der Waals surface area contributed by atoms with Crippen LogP contribution < -0.4 is 0 Å². The molecule has 1 N–H and O–H groups in total. The summed E-state index contributed by atoms with van der Waals surface area (Å²) < 4.78 is 0. The Hall–Kier alpha value is -1.81. The first kappa shape index (κ1) is 12.6. The molecule has 1 heterocycles. The fraction of sp³-hybridized carbons (Fsp3) is 0.143. The van der Waals surface area contributed by atoms with Crippen LogP contribution in [0, 0.1) is 13.8 Å². The fourth-order valence-corrected chi connectivity index (χ4v) is 2.54. The molecule has 0 unspecified atom stereocenters. The molecule has 0 saturated heterocycles. The molecule has 3 nitrogen and oxygen atoms in total. The smallest absolute Gasteiger partial charge is 0.354 e. The molecular weight excluding hydrogens is 246 g/mol. The van der Waals surface area contributed by atoms with Crippen molar-refractivity contribution in [3.05, 3.63) is 53.3 Å². The van der Waals surface area contributed by atoms with E-state index in [-0.39, 0.29) is 5.69 Å². The second kappa shape index (κ2) is 5.23. The molecular formula is C14H13NO2S. The third kappa shape index (κ3) is 2.90. The highest BCUT2D eigenvalue weighted by molar-refractivity contribution is 7.99. The van der Waals surface area contributed by atoms with Crippen LogP contribution in [0.4, 0.5) is 0 Å². The minimum absolute atomic E-state index is 0.0739. The summed E-state index contributed by atoms with van der Waals surface area (Å²) >= 11 is 1.55. The summed E-state index contributed by atoms with van der Waals surface area (Å²) in [5.41, 5.74) is 2.48. The van der Waals surface area contributed by atoms with Gasteiger partial charge in [-0.05, 0) is 37.6 Å². The molecule has 0 aliphatic rings. The predicted molar refractivity (Wildman–Crippen MR) is 71.2 cm³/mol. The standard InChI is InChI=1S/C14H13NO2S/c1-9-3-4-13(10(2)7-9)18-11-5-6-15-12(8-11)14(16)17/h3-8H,1-2H3,(H,16,17). The number of carboxylic acid groups (broad SMARTS) is 1. The Morgan fingerprint density at radius 1 is 1.22 bits per heavy atom. The summed E-state index contributed by atoms with van der Waals surface area (Å²) in [6.45, 7) is 4.10. The maximum absolute atomic E-state index is 10.8. The molecule has 2 rings (SSSR count). The SMILES string of the molecule is Cc1ccc(Sc2ccnc(C(=O)O)c2)c(C)c1. The normalized spacial score (nSPS) is 10.3. The van der Waals surface area contributed by atoms with Crippen LogP contribution in [-0.4, -0.2) is 16.1 Å². The maximum atomic E-state index is 10.8. The number of carboxylic acids is 1. The molecule has 0 aliphatic carbocycles. The molecule has 0 radical (unpaired) electrons. The Morgan fingerprint density at radius 2 is 2.00 bits per heavy atom. The van der Waals surface area contributed by atoms with Crippen molar-refractivity contribution in [3.8, 4) is 0 Å². The lowest BCUT2D eigenvalue weighted by molar-refractivity contribution is 0.0690. The van der Waals surface area contributed by atoms with E-state index in [4.69, 9.17) is 5.11 Å². The number of benzene rings is 1. The minimum atomic E-state index is -1.00. The number of aryl methyl sites for hydroxylation is 2. The van der Waals surface area contributed by atoms with Crippen LogP contribution in [0.25, 0.3) is 0 Å². The van der Waals surface area contributed by atoms with Crippen LogP contribution in [0.3, 0.4) is 0 Å². The Bertz CT molecular complexity index is 596. The van der Waals surface area contributed by atoms with Gasteiger partial charge in [0.2, 0.25) is 0 Å². The van der Waals surface area contributed by atoms with Crippen molar-refractivity contribution < 1.29 is 9.90 Å². The fourth-order valence-electron chi connectivity index (χ4n) is 1.63. The van der Waals surface area contributed by atoms with Gasteiger partial charge >= 0.3 is 5.97 Å². The molecule has 0 saturated carbocycles. The highest BCUT2D eigenvalue weighted by Gasteiger charge is 2.07. The minimum Gasteiger partial charge on any atom is -0.477 e. The van der Waals surface area contributed by atoms with Gasteiger partial charge in [-0.3, -0.25) is 0 Å². The summed E-state index contributed by atoms with van der Waals surface area (Å²) in [7, 11) is 0. The number of pyridine rings is 1. The van der Waals surface area contributed by atoms with Crippen LogP contribution in [0.5, 0.6) is 0 Å². The van der Waals surface area contributed by atoms with Crippen molar-refractivity contribution >= 4 is 17.7 Å². The molecule has 4 heteroatoms. The first-order valence-corrected chi connectivity index (χ1v) is 6.32. The highest BCUT2D eigenvalue weighted by atomic mass is 32.2. The molecule has 18 heavy (non-hydrogen) atoms. The van der Waals surface area contributed by atoms with E-state index in [1.807, 2.05) is 6.07 Å². The van der Waals surface area contributed by atoms with E-state index >= 15 is 0 Å². The van der Waals surface area contributed by atoms with Crippen molar-refractivity contribution in [2.45, 2.75) is 23.6 Å². The third-order valence-electron chi connectivity index (χ3n) is 2.51. The first-order chi connectivity index (χ1) is 8.56. The molecule has 0 bridgehead atoms. The Morgan fingerprint density at radius 3 is 2.67 bits per heavy atom. The van der Waals surface area contributed by atoms with E-state index in [9.17, 15) is 4.79 Å². The van der Waals surface area contributed by atoms with E-state index in [1.54, 1.807) is 17.8 Å². The van der Waals surface area contributed by atoms with Gasteiger partial charge < -0.3 is 5.11 Å². The van der Waals surface area contributed by atoms with Crippen molar-refractivity contribution in [3.63, 3.8) is 0 Å². The molecule has 0 aliphatic heterocycles. The van der Waals surface area contributed by atoms with E-state index in [1.165, 1.54) is 17.3 Å². The second-order valence-electron chi connectivity index (χ2n) is 4.05. The zero-order chi connectivity index (χ0) is 13.1. The van der Waals surface area contributed by atoms with Crippen LogP contribution in [0.2, 0.25) is 0 Å². The van der Waals surface area contributed by atoms with E-state index in [0.29, 0.717) is 0 Å². The van der Waals surface area contributed by atoms with E-state index in [0.717, 1.165) is 9.79 Å². The molecule has 1 aromatic heterocycles. The van der Waals surface area contributed by atoms with Crippen LogP contribution >= 0.6 is 11.8 Å². The monoisotopic (exact) mass is 259 g/mol. The first-order valence-electron chi connectivity index (χ1n) is 5.51. The number of carbonyl (C=O) groups is 1. The largest absolute Gasteiger partial charge is 0.477 e. The van der Waals surface area contributed by atoms with Gasteiger partial charge in [-0.25, -0.2) is 9.78 Å². The number of nitrogens with zero attached hydrogens (tertiary/aromatic N) is 1. The molecule has 0 fully saturated rings. The lowest BCUT2D eigenvalue weighted by Gasteiger charge is -2.06. The summed E-state index contributed by atoms with van der Waals surface area (Å²) in [4.78, 5) is 16.7. The van der Waals surface area contributed by atoms with Gasteiger partial charge in [0.25, 0.3) is 0 Å². The Balaban J connectivity index is 2.28. The van der Waals surface area contributed by atoms with Gasteiger partial charge in [-0.1, -0.05) is 29.5 Å². The number of aromatic carboxylic acids is 1. The average Bonchev–Trinajstić information content (AvgIpc) is 2.33. The molecule has 0 amide bonds. The van der Waals surface area contributed by atoms with Crippen LogP contribution in [-0.2, 0) is 0 Å². The Labute approximate surface area is 110 Å². The molecule has 1 aromatic carbocycles. The summed E-state index contributed by atoms with van der Waals surface area (Å²) in [5, 5.41) is 8.89. The second-order valence-corrected chi connectivity index (χ2v) is 5.17. The Kier molecular flexibility index (Phi) is 3.67. The lowest BCUT2D eigenvalue weighted by atomic mass is 10.2. The molecule has 2 aromatic rings. The van der Waals surface area contributed by atoms with E-state index in [2.05, 4.69) is 37.0 Å². The topological polar surface area (TPSA) is 50.2 Å². The number of rotatable bonds is 3. The quantitative estimate of drug-likeness (QED) is 0.915. The molecule has 0 atom stereocenters. The van der Waals surface area contributed by atoms with Crippen molar-refractivity contribution in [2.24, 2.45) is 0 Å². The van der Waals surface area contributed by atoms with Crippen molar-refractivity contribution in [2.75, 3.05) is 0 Å². The average molecular weight is 259 g/mol. The maximum Gasteiger partial charge on any atom is 0.354 e. The number of hydrogen-bond donors (Lipinski definition) is 1. The van der Waals surface area contributed by atoms with Gasteiger partial charge in [0, 0.05) is 16.0 Å². The third-order valence-corrected chi connectivity index (χ3v) is 3.68.